The summed E-state index contributed by atoms with van der Waals surface area (Å²) < 4.78 is 9.50. The van der Waals surface area contributed by atoms with Crippen molar-refractivity contribution in [2.75, 3.05) is 7.18 Å². The summed E-state index contributed by atoms with van der Waals surface area (Å²) in [4.78, 5) is 0. The molecule has 4 heavy (non-hydrogen) atoms. The van der Waals surface area contributed by atoms with Crippen molar-refractivity contribution in [3.8, 4) is 0 Å². The van der Waals surface area contributed by atoms with Gasteiger partial charge in [0.05, 0.1) is 7.18 Å². The quantitative estimate of drug-likeness (QED) is 0.438. The molecule has 0 nitrogen and oxygen atoms in total. The van der Waals surface area contributed by atoms with Crippen LogP contribution in [0, 0.1) is 7.43 Å². The molecule has 0 N–H and O–H groups in total. The van der Waals surface area contributed by atoms with Gasteiger partial charge in [-0.2, -0.15) is 0 Å². The molecule has 25 valence electrons. The Labute approximate surface area is 51.7 Å². The van der Waals surface area contributed by atoms with E-state index >= 15 is 0 Å². The molecule has 0 atom stereocenters. The summed E-state index contributed by atoms with van der Waals surface area (Å²) in [5.41, 5.74) is 0. The van der Waals surface area contributed by atoms with E-state index in [9.17, 15) is 4.39 Å². The summed E-state index contributed by atoms with van der Waals surface area (Å²) >= 11 is 0. The number of halogens is 1. The van der Waals surface area contributed by atoms with Crippen LogP contribution < -0.4 is 0 Å². The average molecular weight is 138 g/mol. The van der Waals surface area contributed by atoms with Crippen molar-refractivity contribution in [1.29, 1.82) is 0 Å². The maximum Gasteiger partial charge on any atom is 0.0785 e. The zero-order valence-corrected chi connectivity index (χ0v) is 5.79. The van der Waals surface area contributed by atoms with Gasteiger partial charge in [-0.1, -0.05) is 0 Å². The maximum atomic E-state index is 9.50. The fraction of sp³-hybridized carbons (Fsp3) is 0.500. The van der Waals surface area contributed by atoms with E-state index in [0.29, 0.717) is 7.18 Å². The molecule has 0 saturated carbocycles. The first kappa shape index (κ1) is 19.8. The van der Waals surface area contributed by atoms with E-state index in [4.69, 9.17) is 0 Å². The van der Waals surface area contributed by atoms with Crippen LogP contribution in [-0.4, -0.2) is 7.18 Å². The van der Waals surface area contributed by atoms with E-state index in [1.807, 2.05) is 0 Å². The Balaban J connectivity index is -0.00000000500. The molecule has 1 radical (unpaired) electrons. The normalized spacial score (nSPS) is 1.50. The van der Waals surface area contributed by atoms with Crippen LogP contribution >= 0.6 is 0 Å². The molecule has 0 rings (SSSR count). The molecule has 0 saturated heterocycles. The Bertz CT molecular complexity index is 6.00. The molecule has 0 unspecified atom stereocenters. The minimum atomic E-state index is 0. The molecule has 0 bridgehead atoms. The monoisotopic (exact) mass is 138 g/mol. The fourth-order valence-electron chi connectivity index (χ4n) is 0. The van der Waals surface area contributed by atoms with Gasteiger partial charge in [-0.25, -0.2) is 0 Å². The molecule has 0 aromatic carbocycles. The molecule has 0 amide bonds. The Morgan fingerprint density at radius 3 is 1.25 bits per heavy atom. The van der Waals surface area contributed by atoms with Crippen molar-refractivity contribution in [2.24, 2.45) is 0 Å². The van der Waals surface area contributed by atoms with Gasteiger partial charge in [0.25, 0.3) is 0 Å². The van der Waals surface area contributed by atoms with Crippen LogP contribution in [-0.2, 0) is 32.7 Å². The number of hydrogen-bond acceptors (Lipinski definition) is 0. The SMILES string of the molecule is CF.[CH3-].[Y]. The summed E-state index contributed by atoms with van der Waals surface area (Å²) in [5.74, 6) is 0. The van der Waals surface area contributed by atoms with E-state index < -0.39 is 0 Å². The molecule has 0 fully saturated rings. The Kier molecular flexibility index (Phi) is 172. The molecule has 0 heterocycles. The van der Waals surface area contributed by atoms with E-state index in [-0.39, 0.29) is 40.1 Å². The topological polar surface area (TPSA) is 0 Å². The molecular weight excluding hydrogens is 132 g/mol. The van der Waals surface area contributed by atoms with Crippen LogP contribution in [0.1, 0.15) is 0 Å². The van der Waals surface area contributed by atoms with Crippen LogP contribution in [0.25, 0.3) is 0 Å². The van der Waals surface area contributed by atoms with Gasteiger partial charge < -0.3 is 7.43 Å². The maximum absolute atomic E-state index is 9.50. The van der Waals surface area contributed by atoms with Gasteiger partial charge in [-0.05, 0) is 0 Å². The van der Waals surface area contributed by atoms with Crippen LogP contribution in [0.2, 0.25) is 0 Å². The smallest absolute Gasteiger partial charge is 0.0785 e. The van der Waals surface area contributed by atoms with E-state index in [1.165, 1.54) is 0 Å². The van der Waals surface area contributed by atoms with Crippen LogP contribution in [0.3, 0.4) is 0 Å². The molecular formula is C2H6FY-. The molecule has 0 spiro atoms. The molecule has 0 aliphatic rings. The van der Waals surface area contributed by atoms with Crippen molar-refractivity contribution in [2.45, 2.75) is 0 Å². The summed E-state index contributed by atoms with van der Waals surface area (Å²) in [6.07, 6.45) is 0. The summed E-state index contributed by atoms with van der Waals surface area (Å²) in [5, 5.41) is 0. The second-order valence-electron chi connectivity index (χ2n) is 0. The number of rotatable bonds is 0. The van der Waals surface area contributed by atoms with Crippen LogP contribution in [0.5, 0.6) is 0 Å². The molecule has 0 aliphatic heterocycles. The zero-order chi connectivity index (χ0) is 2.00. The van der Waals surface area contributed by atoms with Gasteiger partial charge in [-0.3, -0.25) is 4.39 Å². The first-order valence-corrected chi connectivity index (χ1v) is 0.378. The average Bonchev–Trinajstić information content (AvgIpc) is 1.00. The second-order valence-corrected chi connectivity index (χ2v) is 0. The fourth-order valence-corrected chi connectivity index (χ4v) is 0. The van der Waals surface area contributed by atoms with Crippen molar-refractivity contribution < 1.29 is 37.1 Å². The minimum Gasteiger partial charge on any atom is -0.358 e. The molecule has 0 aromatic heterocycles. The third kappa shape index (κ3) is 11.7. The standard InChI is InChI=1S/CH3F.CH3.Y/c1-2;;/h1H3;1H3;/q;-1;. The predicted octanol–water partition coefficient (Wildman–Crippen LogP) is 1.03. The number of alkyl halides is 1. The largest absolute Gasteiger partial charge is 0.358 e. The minimum absolute atomic E-state index is 0. The van der Waals surface area contributed by atoms with E-state index in [0.717, 1.165) is 0 Å². The number of hydrogen-bond donors (Lipinski definition) is 0. The Morgan fingerprint density at radius 1 is 1.25 bits per heavy atom. The summed E-state index contributed by atoms with van der Waals surface area (Å²) in [6.45, 7) is 0. The summed E-state index contributed by atoms with van der Waals surface area (Å²) in [6, 6.07) is 0. The van der Waals surface area contributed by atoms with Gasteiger partial charge in [0.15, 0.2) is 0 Å². The third-order valence-electron chi connectivity index (χ3n) is 0. The van der Waals surface area contributed by atoms with Crippen molar-refractivity contribution in [3.05, 3.63) is 7.43 Å². The van der Waals surface area contributed by atoms with Gasteiger partial charge >= 0.3 is 0 Å². The first-order valence-electron chi connectivity index (χ1n) is 0.378. The first-order chi connectivity index (χ1) is 1.00. The van der Waals surface area contributed by atoms with Gasteiger partial charge in [0, 0.05) is 32.7 Å². The molecule has 0 aliphatic carbocycles. The van der Waals surface area contributed by atoms with Gasteiger partial charge in [-0.15, -0.1) is 0 Å². The Morgan fingerprint density at radius 2 is 1.25 bits per heavy atom. The van der Waals surface area contributed by atoms with Gasteiger partial charge in [0.2, 0.25) is 0 Å². The molecule has 2 heteroatoms. The predicted molar refractivity (Wildman–Crippen MR) is 13.4 cm³/mol. The Hall–Kier alpha value is 1.03. The molecule has 0 aromatic rings. The van der Waals surface area contributed by atoms with Crippen molar-refractivity contribution in [3.63, 3.8) is 0 Å². The summed E-state index contributed by atoms with van der Waals surface area (Å²) in [7, 11) is 0.500. The van der Waals surface area contributed by atoms with Gasteiger partial charge in [0.1, 0.15) is 0 Å². The van der Waals surface area contributed by atoms with Crippen molar-refractivity contribution in [1.82, 2.24) is 0 Å². The second kappa shape index (κ2) is 34.7. The third-order valence-corrected chi connectivity index (χ3v) is 0. The van der Waals surface area contributed by atoms with Crippen LogP contribution in [0.15, 0.2) is 0 Å². The van der Waals surface area contributed by atoms with E-state index in [2.05, 4.69) is 0 Å². The van der Waals surface area contributed by atoms with E-state index in [1.54, 1.807) is 0 Å². The van der Waals surface area contributed by atoms with Crippen molar-refractivity contribution >= 4 is 0 Å². The van der Waals surface area contributed by atoms with Crippen LogP contribution in [0.4, 0.5) is 4.39 Å². The zero-order valence-electron chi connectivity index (χ0n) is 2.96.